The predicted molar refractivity (Wildman–Crippen MR) is 111 cm³/mol. The van der Waals surface area contributed by atoms with Gasteiger partial charge in [-0.05, 0) is 37.3 Å². The Morgan fingerprint density at radius 2 is 1.83 bits per heavy atom. The maximum atomic E-state index is 13.1. The molecule has 1 fully saturated rings. The lowest BCUT2D eigenvalue weighted by atomic mass is 10.2. The molecular weight excluding hydrogens is 430 g/mol. The van der Waals surface area contributed by atoms with Gasteiger partial charge < -0.3 is 15.0 Å². The van der Waals surface area contributed by atoms with E-state index in [0.29, 0.717) is 22.0 Å². The number of ether oxygens (including phenoxy) is 1. The molecule has 2 heterocycles. The van der Waals surface area contributed by atoms with Gasteiger partial charge in [0.05, 0.1) is 21.2 Å². The van der Waals surface area contributed by atoms with Gasteiger partial charge in [-0.25, -0.2) is 8.42 Å². The lowest BCUT2D eigenvalue weighted by molar-refractivity contribution is -0.122. The van der Waals surface area contributed by atoms with Crippen molar-refractivity contribution in [3.63, 3.8) is 0 Å². The van der Waals surface area contributed by atoms with Gasteiger partial charge in [-0.3, -0.25) is 9.59 Å². The summed E-state index contributed by atoms with van der Waals surface area (Å²) in [4.78, 5) is 26.2. The number of hydrogen-bond acceptors (Lipinski definition) is 5. The summed E-state index contributed by atoms with van der Waals surface area (Å²) in [6.07, 6.45) is -0.635. The Kier molecular flexibility index (Phi) is 5.44. The second-order valence-electron chi connectivity index (χ2n) is 7.08. The van der Waals surface area contributed by atoms with E-state index in [2.05, 4.69) is 5.32 Å². The summed E-state index contributed by atoms with van der Waals surface area (Å²) < 4.78 is 32.9. The van der Waals surface area contributed by atoms with Gasteiger partial charge in [0, 0.05) is 26.2 Å². The molecule has 4 rings (SSSR count). The molecule has 1 atom stereocenters. The number of piperazine rings is 1. The van der Waals surface area contributed by atoms with Crippen LogP contribution in [-0.4, -0.2) is 61.7 Å². The van der Waals surface area contributed by atoms with E-state index in [1.807, 2.05) is 0 Å². The standard InChI is InChI=1S/C20H20ClN3O5S/c1-13-19(25)22-17-12-14(6-7-18(17)29-13)30(27,28)24-10-8-23(9-11-24)20(26)15-4-2-3-5-16(15)21/h2-7,12-13H,8-11H2,1H3,(H,22,25). The third-order valence-electron chi connectivity index (χ3n) is 5.15. The van der Waals surface area contributed by atoms with Crippen molar-refractivity contribution in [1.82, 2.24) is 9.21 Å². The van der Waals surface area contributed by atoms with E-state index in [4.69, 9.17) is 16.3 Å². The molecule has 0 aromatic heterocycles. The topological polar surface area (TPSA) is 96.0 Å². The number of benzene rings is 2. The van der Waals surface area contributed by atoms with Crippen molar-refractivity contribution in [2.24, 2.45) is 0 Å². The smallest absolute Gasteiger partial charge is 0.265 e. The van der Waals surface area contributed by atoms with Gasteiger partial charge in [0.25, 0.3) is 11.8 Å². The number of amides is 2. The Morgan fingerprint density at radius 1 is 1.13 bits per heavy atom. The molecule has 1 saturated heterocycles. The molecule has 2 amide bonds. The summed E-state index contributed by atoms with van der Waals surface area (Å²) in [5, 5.41) is 3.02. The number of sulfonamides is 1. The molecule has 1 unspecified atom stereocenters. The van der Waals surface area contributed by atoms with Crippen molar-refractivity contribution in [3.05, 3.63) is 53.1 Å². The highest BCUT2D eigenvalue weighted by Crippen LogP contribution is 2.33. The van der Waals surface area contributed by atoms with Crippen LogP contribution in [0.4, 0.5) is 5.69 Å². The van der Waals surface area contributed by atoms with E-state index in [-0.39, 0.29) is 42.9 Å². The number of carbonyl (C=O) groups is 2. The van der Waals surface area contributed by atoms with Crippen LogP contribution >= 0.6 is 11.6 Å². The summed E-state index contributed by atoms with van der Waals surface area (Å²) in [7, 11) is -3.79. The fourth-order valence-corrected chi connectivity index (χ4v) is 5.10. The third-order valence-corrected chi connectivity index (χ3v) is 7.37. The Balaban J connectivity index is 1.48. The summed E-state index contributed by atoms with van der Waals surface area (Å²) in [6.45, 7) is 2.45. The molecule has 0 aliphatic carbocycles. The summed E-state index contributed by atoms with van der Waals surface area (Å²) in [6, 6.07) is 11.2. The van der Waals surface area contributed by atoms with Crippen molar-refractivity contribution >= 4 is 39.1 Å². The third kappa shape index (κ3) is 3.76. The molecule has 158 valence electrons. The second-order valence-corrected chi connectivity index (χ2v) is 9.43. The molecule has 1 N–H and O–H groups in total. The van der Waals surface area contributed by atoms with Crippen molar-refractivity contribution in [1.29, 1.82) is 0 Å². The SMILES string of the molecule is CC1Oc2ccc(S(=O)(=O)N3CCN(C(=O)c4ccccc4Cl)CC3)cc2NC1=O. The first-order chi connectivity index (χ1) is 14.3. The second kappa shape index (κ2) is 7.90. The zero-order valence-corrected chi connectivity index (χ0v) is 17.7. The molecule has 0 bridgehead atoms. The quantitative estimate of drug-likeness (QED) is 0.775. The van der Waals surface area contributed by atoms with Crippen LogP contribution < -0.4 is 10.1 Å². The molecule has 30 heavy (non-hydrogen) atoms. The number of anilines is 1. The normalized spacial score (nSPS) is 19.6. The fourth-order valence-electron chi connectivity index (χ4n) is 3.43. The first-order valence-electron chi connectivity index (χ1n) is 9.43. The molecule has 0 radical (unpaired) electrons. The van der Waals surface area contributed by atoms with Crippen molar-refractivity contribution in [2.75, 3.05) is 31.5 Å². The highest BCUT2D eigenvalue weighted by molar-refractivity contribution is 7.89. The van der Waals surface area contributed by atoms with Crippen LogP contribution in [0.25, 0.3) is 0 Å². The molecule has 10 heteroatoms. The molecule has 2 aliphatic heterocycles. The Labute approximate surface area is 179 Å². The van der Waals surface area contributed by atoms with E-state index >= 15 is 0 Å². The number of hydrogen-bond donors (Lipinski definition) is 1. The first kappa shape index (κ1) is 20.6. The summed E-state index contributed by atoms with van der Waals surface area (Å²) >= 11 is 6.10. The van der Waals surface area contributed by atoms with E-state index in [1.54, 1.807) is 36.1 Å². The van der Waals surface area contributed by atoms with Gasteiger partial charge in [0.1, 0.15) is 5.75 Å². The first-order valence-corrected chi connectivity index (χ1v) is 11.2. The maximum Gasteiger partial charge on any atom is 0.265 e. The minimum absolute atomic E-state index is 0.0607. The van der Waals surface area contributed by atoms with Crippen molar-refractivity contribution in [3.8, 4) is 5.75 Å². The molecule has 0 spiro atoms. The summed E-state index contributed by atoms with van der Waals surface area (Å²) in [5.41, 5.74) is 0.724. The van der Waals surface area contributed by atoms with Crippen LogP contribution in [0.5, 0.6) is 5.75 Å². The van der Waals surface area contributed by atoms with E-state index in [9.17, 15) is 18.0 Å². The number of nitrogens with zero attached hydrogens (tertiary/aromatic N) is 2. The largest absolute Gasteiger partial charge is 0.479 e. The van der Waals surface area contributed by atoms with Crippen LogP contribution in [0, 0.1) is 0 Å². The lowest BCUT2D eigenvalue weighted by Gasteiger charge is -2.34. The number of nitrogens with one attached hydrogen (secondary N) is 1. The van der Waals surface area contributed by atoms with E-state index < -0.39 is 16.1 Å². The Bertz CT molecular complexity index is 1110. The van der Waals surface area contributed by atoms with Gasteiger partial charge in [-0.2, -0.15) is 4.31 Å². The maximum absolute atomic E-state index is 13.1. The average molecular weight is 450 g/mol. The van der Waals surface area contributed by atoms with Gasteiger partial charge in [0.15, 0.2) is 6.10 Å². The lowest BCUT2D eigenvalue weighted by Crippen LogP contribution is -2.50. The Hall–Kier alpha value is -2.62. The molecular formula is C20H20ClN3O5S. The molecule has 8 nitrogen and oxygen atoms in total. The minimum Gasteiger partial charge on any atom is -0.479 e. The van der Waals surface area contributed by atoms with E-state index in [1.165, 1.54) is 22.5 Å². The van der Waals surface area contributed by atoms with Gasteiger partial charge in [-0.15, -0.1) is 0 Å². The zero-order valence-electron chi connectivity index (χ0n) is 16.2. The Morgan fingerprint density at radius 3 is 2.53 bits per heavy atom. The van der Waals surface area contributed by atoms with Gasteiger partial charge in [-0.1, -0.05) is 23.7 Å². The van der Waals surface area contributed by atoms with Gasteiger partial charge >= 0.3 is 0 Å². The van der Waals surface area contributed by atoms with Crippen LogP contribution in [0.2, 0.25) is 5.02 Å². The molecule has 2 aromatic rings. The number of rotatable bonds is 3. The molecule has 2 aliphatic rings. The van der Waals surface area contributed by atoms with Crippen LogP contribution in [-0.2, 0) is 14.8 Å². The van der Waals surface area contributed by atoms with Crippen molar-refractivity contribution < 1.29 is 22.7 Å². The van der Waals surface area contributed by atoms with Crippen LogP contribution in [0.1, 0.15) is 17.3 Å². The fraction of sp³-hybridized carbons (Fsp3) is 0.300. The van der Waals surface area contributed by atoms with E-state index in [0.717, 1.165) is 0 Å². The number of fused-ring (bicyclic) bond motifs is 1. The predicted octanol–water partition coefficient (Wildman–Crippen LogP) is 2.21. The monoisotopic (exact) mass is 449 g/mol. The average Bonchev–Trinajstić information content (AvgIpc) is 2.74. The highest BCUT2D eigenvalue weighted by atomic mass is 35.5. The van der Waals surface area contributed by atoms with Crippen molar-refractivity contribution in [2.45, 2.75) is 17.9 Å². The minimum atomic E-state index is -3.79. The number of halogens is 1. The number of carbonyl (C=O) groups excluding carboxylic acids is 2. The molecule has 2 aromatic carbocycles. The highest BCUT2D eigenvalue weighted by Gasteiger charge is 2.32. The van der Waals surface area contributed by atoms with Crippen LogP contribution in [0.3, 0.4) is 0 Å². The zero-order chi connectivity index (χ0) is 21.5. The molecule has 0 saturated carbocycles. The van der Waals surface area contributed by atoms with Crippen LogP contribution in [0.15, 0.2) is 47.4 Å². The van der Waals surface area contributed by atoms with Gasteiger partial charge in [0.2, 0.25) is 10.0 Å². The summed E-state index contributed by atoms with van der Waals surface area (Å²) in [5.74, 6) is -0.125.